The van der Waals surface area contributed by atoms with Crippen molar-refractivity contribution in [3.05, 3.63) is 30.3 Å². The summed E-state index contributed by atoms with van der Waals surface area (Å²) in [6.45, 7) is 1.72. The Balaban J connectivity index is 2.54. The zero-order valence-corrected chi connectivity index (χ0v) is 9.82. The van der Waals surface area contributed by atoms with Crippen molar-refractivity contribution in [2.45, 2.75) is 19.1 Å². The lowest BCUT2D eigenvalue weighted by molar-refractivity contribution is -0.196. The van der Waals surface area contributed by atoms with Crippen LogP contribution < -0.4 is 5.32 Å². The third-order valence-corrected chi connectivity index (χ3v) is 2.40. The van der Waals surface area contributed by atoms with Crippen LogP contribution in [0.15, 0.2) is 30.3 Å². The van der Waals surface area contributed by atoms with Gasteiger partial charge in [-0.1, -0.05) is 18.2 Å². The number of ether oxygens (including phenoxy) is 2. The number of benzene rings is 1. The average molecular weight is 223 g/mol. The maximum absolute atomic E-state index is 11.7. The Bertz CT molecular complexity index is 333. The molecule has 0 spiro atoms. The van der Waals surface area contributed by atoms with Gasteiger partial charge in [-0.25, -0.2) is 0 Å². The van der Waals surface area contributed by atoms with Crippen LogP contribution in [0.3, 0.4) is 0 Å². The van der Waals surface area contributed by atoms with Gasteiger partial charge in [0.2, 0.25) is 5.91 Å². The molecule has 0 fully saturated rings. The van der Waals surface area contributed by atoms with Crippen LogP contribution in [0.4, 0.5) is 5.69 Å². The van der Waals surface area contributed by atoms with E-state index in [4.69, 9.17) is 9.47 Å². The highest BCUT2D eigenvalue weighted by Gasteiger charge is 2.26. The van der Waals surface area contributed by atoms with Crippen molar-refractivity contribution >= 4 is 11.6 Å². The average Bonchev–Trinajstić information content (AvgIpc) is 2.30. The second kappa shape index (κ2) is 5.63. The van der Waals surface area contributed by atoms with Gasteiger partial charge in [0.1, 0.15) is 0 Å². The Morgan fingerprint density at radius 1 is 1.25 bits per heavy atom. The van der Waals surface area contributed by atoms with Gasteiger partial charge < -0.3 is 14.8 Å². The van der Waals surface area contributed by atoms with Crippen molar-refractivity contribution < 1.29 is 14.3 Å². The fourth-order valence-corrected chi connectivity index (χ4v) is 1.25. The molecule has 0 unspecified atom stereocenters. The van der Waals surface area contributed by atoms with E-state index in [-0.39, 0.29) is 12.3 Å². The third kappa shape index (κ3) is 3.64. The molecule has 0 saturated heterocycles. The van der Waals surface area contributed by atoms with Crippen LogP contribution in [0.2, 0.25) is 0 Å². The maximum atomic E-state index is 11.7. The molecular weight excluding hydrogens is 206 g/mol. The number of hydrogen-bond acceptors (Lipinski definition) is 3. The predicted octanol–water partition coefficient (Wildman–Crippen LogP) is 2.02. The fourth-order valence-electron chi connectivity index (χ4n) is 1.25. The number of carbonyl (C=O) groups is 1. The highest BCUT2D eigenvalue weighted by molar-refractivity contribution is 5.91. The summed E-state index contributed by atoms with van der Waals surface area (Å²) in [7, 11) is 3.03. The van der Waals surface area contributed by atoms with Gasteiger partial charge in [-0.15, -0.1) is 0 Å². The first kappa shape index (κ1) is 12.7. The molecule has 1 aromatic carbocycles. The first-order chi connectivity index (χ1) is 7.59. The predicted molar refractivity (Wildman–Crippen MR) is 62.1 cm³/mol. The summed E-state index contributed by atoms with van der Waals surface area (Å²) in [5, 5.41) is 2.77. The number of para-hydroxylation sites is 1. The molecule has 16 heavy (non-hydrogen) atoms. The van der Waals surface area contributed by atoms with Gasteiger partial charge in [-0.2, -0.15) is 0 Å². The molecule has 0 aliphatic rings. The van der Waals surface area contributed by atoms with Crippen molar-refractivity contribution in [1.29, 1.82) is 0 Å². The van der Waals surface area contributed by atoms with Crippen molar-refractivity contribution in [3.63, 3.8) is 0 Å². The molecule has 0 heterocycles. The summed E-state index contributed by atoms with van der Waals surface area (Å²) in [6.07, 6.45) is 0.148. The van der Waals surface area contributed by atoms with E-state index in [2.05, 4.69) is 5.32 Å². The minimum Gasteiger partial charge on any atom is -0.353 e. The van der Waals surface area contributed by atoms with Crippen LogP contribution in [0.25, 0.3) is 0 Å². The second-order valence-corrected chi connectivity index (χ2v) is 3.63. The second-order valence-electron chi connectivity index (χ2n) is 3.63. The van der Waals surface area contributed by atoms with Crippen LogP contribution in [0.5, 0.6) is 0 Å². The molecule has 1 aromatic rings. The summed E-state index contributed by atoms with van der Waals surface area (Å²) in [4.78, 5) is 11.7. The maximum Gasteiger partial charge on any atom is 0.229 e. The lowest BCUT2D eigenvalue weighted by atomic mass is 10.2. The minimum atomic E-state index is -0.876. The number of nitrogens with one attached hydrogen (secondary N) is 1. The van der Waals surface area contributed by atoms with Crippen LogP contribution in [0, 0.1) is 0 Å². The number of anilines is 1. The van der Waals surface area contributed by atoms with E-state index >= 15 is 0 Å². The molecule has 0 bridgehead atoms. The monoisotopic (exact) mass is 223 g/mol. The molecule has 0 aromatic heterocycles. The molecule has 0 aliphatic carbocycles. The molecule has 0 radical (unpaired) electrons. The van der Waals surface area contributed by atoms with Gasteiger partial charge in [0, 0.05) is 19.9 Å². The largest absolute Gasteiger partial charge is 0.353 e. The van der Waals surface area contributed by atoms with Gasteiger partial charge in [0.05, 0.1) is 6.42 Å². The van der Waals surface area contributed by atoms with E-state index < -0.39 is 5.79 Å². The minimum absolute atomic E-state index is 0.141. The molecular formula is C12H17NO3. The first-order valence-electron chi connectivity index (χ1n) is 5.05. The lowest BCUT2D eigenvalue weighted by Crippen LogP contribution is -2.34. The SMILES string of the molecule is COC(C)(CC(=O)Nc1ccccc1)OC. The molecule has 1 N–H and O–H groups in total. The highest BCUT2D eigenvalue weighted by atomic mass is 16.7. The standard InChI is InChI=1S/C12H17NO3/c1-12(15-2,16-3)9-11(14)13-10-7-5-4-6-8-10/h4-8H,9H2,1-3H3,(H,13,14). The first-order valence-corrected chi connectivity index (χ1v) is 5.05. The molecule has 88 valence electrons. The summed E-state index contributed by atoms with van der Waals surface area (Å²) in [5.41, 5.74) is 0.766. The smallest absolute Gasteiger partial charge is 0.229 e. The molecule has 0 saturated carbocycles. The number of methoxy groups -OCH3 is 2. The molecule has 1 rings (SSSR count). The van der Waals surface area contributed by atoms with Crippen molar-refractivity contribution in [1.82, 2.24) is 0 Å². The number of carbonyl (C=O) groups excluding carboxylic acids is 1. The topological polar surface area (TPSA) is 47.6 Å². The molecule has 0 atom stereocenters. The molecule has 4 heteroatoms. The quantitative estimate of drug-likeness (QED) is 0.777. The Morgan fingerprint density at radius 2 is 1.81 bits per heavy atom. The fraction of sp³-hybridized carbons (Fsp3) is 0.417. The zero-order valence-electron chi connectivity index (χ0n) is 9.82. The summed E-state index contributed by atoms with van der Waals surface area (Å²) < 4.78 is 10.2. The number of hydrogen-bond donors (Lipinski definition) is 1. The lowest BCUT2D eigenvalue weighted by Gasteiger charge is -2.25. The normalized spacial score (nSPS) is 11.2. The van der Waals surface area contributed by atoms with E-state index in [1.807, 2.05) is 30.3 Å². The van der Waals surface area contributed by atoms with Crippen LogP contribution >= 0.6 is 0 Å². The van der Waals surface area contributed by atoms with Crippen molar-refractivity contribution in [2.75, 3.05) is 19.5 Å². The summed E-state index contributed by atoms with van der Waals surface area (Å²) in [6, 6.07) is 9.27. The van der Waals surface area contributed by atoms with Crippen molar-refractivity contribution in [2.24, 2.45) is 0 Å². The van der Waals surface area contributed by atoms with E-state index in [0.29, 0.717) is 0 Å². The Morgan fingerprint density at radius 3 is 2.31 bits per heavy atom. The molecule has 0 aliphatic heterocycles. The summed E-state index contributed by atoms with van der Waals surface area (Å²) >= 11 is 0. The summed E-state index contributed by atoms with van der Waals surface area (Å²) in [5.74, 6) is -1.02. The van der Waals surface area contributed by atoms with Crippen molar-refractivity contribution in [3.8, 4) is 0 Å². The van der Waals surface area contributed by atoms with Gasteiger partial charge in [-0.3, -0.25) is 4.79 Å². The van der Waals surface area contributed by atoms with Gasteiger partial charge in [-0.05, 0) is 19.1 Å². The zero-order chi connectivity index (χ0) is 12.0. The molecule has 1 amide bonds. The van der Waals surface area contributed by atoms with E-state index in [0.717, 1.165) is 5.69 Å². The third-order valence-electron chi connectivity index (χ3n) is 2.40. The van der Waals surface area contributed by atoms with Gasteiger partial charge in [0.15, 0.2) is 5.79 Å². The molecule has 4 nitrogen and oxygen atoms in total. The Hall–Kier alpha value is -1.39. The van der Waals surface area contributed by atoms with E-state index in [1.165, 1.54) is 14.2 Å². The van der Waals surface area contributed by atoms with Crippen LogP contribution in [0.1, 0.15) is 13.3 Å². The number of rotatable bonds is 5. The van der Waals surface area contributed by atoms with Gasteiger partial charge >= 0.3 is 0 Å². The Labute approximate surface area is 95.6 Å². The van der Waals surface area contributed by atoms with Crippen LogP contribution in [-0.2, 0) is 14.3 Å². The highest BCUT2D eigenvalue weighted by Crippen LogP contribution is 2.16. The van der Waals surface area contributed by atoms with E-state index in [1.54, 1.807) is 6.92 Å². The van der Waals surface area contributed by atoms with E-state index in [9.17, 15) is 4.79 Å². The van der Waals surface area contributed by atoms with Gasteiger partial charge in [0.25, 0.3) is 0 Å². The Kier molecular flexibility index (Phi) is 4.46. The number of amides is 1. The van der Waals surface area contributed by atoms with Crippen LogP contribution in [-0.4, -0.2) is 25.9 Å².